The molecule has 1 atom stereocenters. The van der Waals surface area contributed by atoms with E-state index in [0.29, 0.717) is 17.7 Å². The molecule has 1 saturated heterocycles. The Labute approximate surface area is 169 Å². The van der Waals surface area contributed by atoms with Gasteiger partial charge in [-0.3, -0.25) is 4.99 Å². The predicted molar refractivity (Wildman–Crippen MR) is 118 cm³/mol. The summed E-state index contributed by atoms with van der Waals surface area (Å²) >= 11 is 2.02. The number of guanidine groups is 1. The fourth-order valence-electron chi connectivity index (χ4n) is 2.27. The van der Waals surface area contributed by atoms with Crippen molar-refractivity contribution in [3.63, 3.8) is 0 Å². The van der Waals surface area contributed by atoms with E-state index in [0.717, 1.165) is 31.3 Å². The molecule has 1 fully saturated rings. The van der Waals surface area contributed by atoms with E-state index in [-0.39, 0.29) is 29.7 Å². The van der Waals surface area contributed by atoms with Crippen LogP contribution in [0.15, 0.2) is 4.99 Å². The Hall–Kier alpha value is 0.300. The maximum absolute atomic E-state index is 12.2. The summed E-state index contributed by atoms with van der Waals surface area (Å²) in [6, 6.07) is 0. The summed E-state index contributed by atoms with van der Waals surface area (Å²) < 4.78 is 23.7. The number of thioether (sulfide) groups is 1. The third-order valence-electron chi connectivity index (χ3n) is 4.03. The van der Waals surface area contributed by atoms with Crippen LogP contribution in [0.25, 0.3) is 0 Å². The molecule has 0 radical (unpaired) electrons. The van der Waals surface area contributed by atoms with Gasteiger partial charge in [-0.05, 0) is 33.6 Å². The molecule has 0 aliphatic carbocycles. The van der Waals surface area contributed by atoms with E-state index in [1.54, 1.807) is 20.8 Å². The molecule has 8 heteroatoms. The lowest BCUT2D eigenvalue weighted by Gasteiger charge is -2.36. The first-order valence-electron chi connectivity index (χ1n) is 8.45. The quantitative estimate of drug-likeness (QED) is 0.364. The fourth-order valence-corrected chi connectivity index (χ4v) is 4.52. The third kappa shape index (κ3) is 7.27. The minimum Gasteiger partial charge on any atom is -0.357 e. The van der Waals surface area contributed by atoms with Gasteiger partial charge in [-0.15, -0.1) is 24.0 Å². The fraction of sp³-hybridized carbons (Fsp3) is 0.938. The molecule has 0 aromatic rings. The maximum atomic E-state index is 12.2. The van der Waals surface area contributed by atoms with Gasteiger partial charge < -0.3 is 10.2 Å². The summed E-state index contributed by atoms with van der Waals surface area (Å²) in [5.74, 6) is 2.67. The molecule has 0 aromatic heterocycles. The van der Waals surface area contributed by atoms with Crippen LogP contribution in [0.1, 0.15) is 41.5 Å². The van der Waals surface area contributed by atoms with Gasteiger partial charge in [0.05, 0.1) is 17.0 Å². The molecule has 0 saturated carbocycles. The number of rotatable bonds is 5. The number of nitrogens with one attached hydrogen (secondary N) is 1. The van der Waals surface area contributed by atoms with Crippen LogP contribution in [0.3, 0.4) is 0 Å². The van der Waals surface area contributed by atoms with Crippen molar-refractivity contribution in [1.82, 2.24) is 10.2 Å². The first-order valence-corrected chi connectivity index (χ1v) is 11.2. The van der Waals surface area contributed by atoms with Gasteiger partial charge in [0.15, 0.2) is 15.8 Å². The van der Waals surface area contributed by atoms with Crippen molar-refractivity contribution in [2.75, 3.05) is 37.7 Å². The first-order chi connectivity index (χ1) is 10.6. The van der Waals surface area contributed by atoms with E-state index in [9.17, 15) is 8.42 Å². The second-order valence-corrected chi connectivity index (χ2v) is 11.5. The highest BCUT2D eigenvalue weighted by Gasteiger charge is 2.29. The van der Waals surface area contributed by atoms with Gasteiger partial charge in [-0.2, -0.15) is 11.8 Å². The predicted octanol–water partition coefficient (Wildman–Crippen LogP) is 2.86. The summed E-state index contributed by atoms with van der Waals surface area (Å²) in [5.41, 5.74) is 0. The smallest absolute Gasteiger partial charge is 0.194 e. The molecule has 1 N–H and O–H groups in total. The zero-order valence-corrected chi connectivity index (χ0v) is 19.8. The lowest BCUT2D eigenvalue weighted by Crippen LogP contribution is -2.49. The minimum absolute atomic E-state index is 0. The van der Waals surface area contributed by atoms with Crippen molar-refractivity contribution >= 4 is 51.5 Å². The van der Waals surface area contributed by atoms with Crippen LogP contribution in [0.2, 0.25) is 0 Å². The molecule has 1 aliphatic rings. The van der Waals surface area contributed by atoms with Crippen LogP contribution >= 0.6 is 35.7 Å². The highest BCUT2D eigenvalue weighted by Crippen LogP contribution is 2.25. The number of hydrogen-bond acceptors (Lipinski definition) is 4. The van der Waals surface area contributed by atoms with E-state index in [2.05, 4.69) is 29.1 Å². The van der Waals surface area contributed by atoms with Crippen molar-refractivity contribution < 1.29 is 8.42 Å². The lowest BCUT2D eigenvalue weighted by molar-refractivity contribution is 0.381. The molecule has 0 aromatic carbocycles. The van der Waals surface area contributed by atoms with Crippen LogP contribution in [-0.2, 0) is 9.84 Å². The van der Waals surface area contributed by atoms with Crippen molar-refractivity contribution in [1.29, 1.82) is 0 Å². The normalized spacial score (nSPS) is 20.0. The van der Waals surface area contributed by atoms with Gasteiger partial charge in [0.2, 0.25) is 0 Å². The van der Waals surface area contributed by atoms with Crippen LogP contribution in [0.5, 0.6) is 0 Å². The molecule has 0 bridgehead atoms. The number of nitrogens with zero attached hydrogens (tertiary/aromatic N) is 2. The van der Waals surface area contributed by atoms with E-state index >= 15 is 0 Å². The van der Waals surface area contributed by atoms with Crippen molar-refractivity contribution in [3.8, 4) is 0 Å². The number of sulfone groups is 1. The Morgan fingerprint density at radius 1 is 1.38 bits per heavy atom. The molecule has 5 nitrogen and oxygen atoms in total. The molecule has 24 heavy (non-hydrogen) atoms. The minimum atomic E-state index is -3.12. The zero-order chi connectivity index (χ0) is 17.7. The van der Waals surface area contributed by atoms with Crippen LogP contribution in [0.4, 0.5) is 0 Å². The molecule has 0 spiro atoms. The molecule has 1 unspecified atom stereocenters. The first kappa shape index (κ1) is 24.3. The van der Waals surface area contributed by atoms with E-state index in [1.807, 2.05) is 18.7 Å². The van der Waals surface area contributed by atoms with Gasteiger partial charge in [0.1, 0.15) is 0 Å². The maximum Gasteiger partial charge on any atom is 0.194 e. The summed E-state index contributed by atoms with van der Waals surface area (Å²) in [6.45, 7) is 14.8. The van der Waals surface area contributed by atoms with Crippen LogP contribution in [-0.4, -0.2) is 67.0 Å². The van der Waals surface area contributed by atoms with Gasteiger partial charge in [-0.1, -0.05) is 13.8 Å². The number of aliphatic imine (C=N–C) groups is 1. The molecular formula is C16H34IN3O2S2. The Balaban J connectivity index is 0.00000529. The Morgan fingerprint density at radius 2 is 2.00 bits per heavy atom. The highest BCUT2D eigenvalue weighted by atomic mass is 127. The number of halogens is 1. The van der Waals surface area contributed by atoms with Gasteiger partial charge in [0, 0.05) is 30.6 Å². The van der Waals surface area contributed by atoms with E-state index in [4.69, 9.17) is 0 Å². The zero-order valence-electron chi connectivity index (χ0n) is 15.8. The summed E-state index contributed by atoms with van der Waals surface area (Å²) in [7, 11) is -3.12. The highest BCUT2D eigenvalue weighted by molar-refractivity contribution is 14.0. The summed E-state index contributed by atoms with van der Waals surface area (Å²) in [5, 5.41) is 3.91. The third-order valence-corrected chi connectivity index (χ3v) is 8.15. The van der Waals surface area contributed by atoms with E-state index in [1.165, 1.54) is 0 Å². The topological polar surface area (TPSA) is 61.8 Å². The molecule has 1 heterocycles. The van der Waals surface area contributed by atoms with Crippen LogP contribution in [0, 0.1) is 5.92 Å². The molecule has 0 amide bonds. The van der Waals surface area contributed by atoms with Crippen molar-refractivity contribution in [3.05, 3.63) is 0 Å². The SMILES string of the molecule is CCNC(=NCCS(=O)(=O)C(C)(C)C)N1CCSC(C(C)C)C1.I. The molecule has 144 valence electrons. The Bertz CT molecular complexity index is 502. The second-order valence-electron chi connectivity index (χ2n) is 7.27. The van der Waals surface area contributed by atoms with Crippen molar-refractivity contribution in [2.45, 2.75) is 51.5 Å². The van der Waals surface area contributed by atoms with Gasteiger partial charge >= 0.3 is 0 Å². The largest absolute Gasteiger partial charge is 0.357 e. The summed E-state index contributed by atoms with van der Waals surface area (Å²) in [4.78, 5) is 6.84. The molecule has 1 rings (SSSR count). The number of hydrogen-bond donors (Lipinski definition) is 1. The standard InChI is InChI=1S/C16H33N3O2S2.HI/c1-7-17-15(18-8-11-23(20,21)16(4,5)6)19-9-10-22-14(12-19)13(2)3;/h13-14H,7-12H2,1-6H3,(H,17,18);1H. The van der Waals surface area contributed by atoms with Crippen LogP contribution < -0.4 is 5.32 Å². The average Bonchev–Trinajstić information content (AvgIpc) is 2.45. The average molecular weight is 492 g/mol. The molecular weight excluding hydrogens is 457 g/mol. The van der Waals surface area contributed by atoms with Gasteiger partial charge in [-0.25, -0.2) is 8.42 Å². The molecule has 1 aliphatic heterocycles. The van der Waals surface area contributed by atoms with Crippen molar-refractivity contribution in [2.24, 2.45) is 10.9 Å². The second kappa shape index (κ2) is 10.4. The van der Waals surface area contributed by atoms with E-state index < -0.39 is 14.6 Å². The van der Waals surface area contributed by atoms with Gasteiger partial charge in [0.25, 0.3) is 0 Å². The Kier molecular flexibility index (Phi) is 10.6. The summed E-state index contributed by atoms with van der Waals surface area (Å²) in [6.07, 6.45) is 0. The lowest BCUT2D eigenvalue weighted by atomic mass is 10.1. The Morgan fingerprint density at radius 3 is 2.50 bits per heavy atom. The monoisotopic (exact) mass is 491 g/mol.